The van der Waals surface area contributed by atoms with E-state index in [1.807, 2.05) is 6.08 Å². The van der Waals surface area contributed by atoms with Crippen LogP contribution in [0, 0.1) is 0 Å². The van der Waals surface area contributed by atoms with Crippen molar-refractivity contribution in [2.24, 2.45) is 0 Å². The molecule has 1 rings (SSSR count). The van der Waals surface area contributed by atoms with E-state index < -0.39 is 59.9 Å². The average Bonchev–Trinajstić information content (AvgIpc) is 3.11. The lowest BCUT2D eigenvalue weighted by Gasteiger charge is -2.41. The van der Waals surface area contributed by atoms with Gasteiger partial charge in [0.05, 0.1) is 25.4 Å². The summed E-state index contributed by atoms with van der Waals surface area (Å²) in [6, 6.07) is -0.935. The summed E-state index contributed by atoms with van der Waals surface area (Å²) in [4.78, 5) is 12.9. The highest BCUT2D eigenvalue weighted by Gasteiger charge is 2.48. The molecule has 6 N–H and O–H groups in total. The molecule has 0 spiro atoms. The van der Waals surface area contributed by atoms with Gasteiger partial charge in [0.1, 0.15) is 24.4 Å². The van der Waals surface area contributed by atoms with Crippen LogP contribution in [0.15, 0.2) is 12.2 Å². The third-order valence-corrected chi connectivity index (χ3v) is 10.3. The molecule has 0 aliphatic carbocycles. The fraction of sp³-hybridized carbons (Fsp3) is 0.923. The number of aliphatic hydroxyl groups excluding tert-OH is 4. The lowest BCUT2D eigenvalue weighted by atomic mass is 9.99. The summed E-state index contributed by atoms with van der Waals surface area (Å²) in [6.07, 6.45) is 22.7. The van der Waals surface area contributed by atoms with Gasteiger partial charge < -0.3 is 35.2 Å². The van der Waals surface area contributed by atoms with Gasteiger partial charge in [0.25, 0.3) is 0 Å². The molecule has 1 saturated heterocycles. The topological polar surface area (TPSA) is 192 Å². The molecule has 1 aliphatic rings. The summed E-state index contributed by atoms with van der Waals surface area (Å²) >= 11 is 0. The predicted octanol–water partition coefficient (Wildman–Crippen LogP) is 6.82. The minimum absolute atomic E-state index is 0.264. The Morgan fingerprint density at radius 2 is 1.21 bits per heavy atom. The van der Waals surface area contributed by atoms with Crippen LogP contribution >= 0.6 is 0 Å². The number of allylic oxidation sites excluding steroid dienone is 1. The Kier molecular flexibility index (Phi) is 29.2. The number of aliphatic hydroxyl groups is 4. The molecule has 1 heterocycles. The summed E-state index contributed by atoms with van der Waals surface area (Å²) in [6.45, 7) is 3.33. The highest BCUT2D eigenvalue weighted by atomic mass is 32.3. The highest BCUT2D eigenvalue weighted by Crippen LogP contribution is 2.26. The van der Waals surface area contributed by atoms with E-state index in [-0.39, 0.29) is 18.9 Å². The summed E-state index contributed by atoms with van der Waals surface area (Å²) in [7, 11) is -5.07. The second kappa shape index (κ2) is 31.1. The van der Waals surface area contributed by atoms with E-state index in [1.54, 1.807) is 6.08 Å². The molecule has 0 saturated carbocycles. The molecule has 308 valence electrons. The van der Waals surface area contributed by atoms with Crippen LogP contribution < -0.4 is 5.32 Å². The van der Waals surface area contributed by atoms with E-state index in [0.29, 0.717) is 6.42 Å². The molecule has 0 aromatic carbocycles. The van der Waals surface area contributed by atoms with Crippen LogP contribution in [-0.2, 0) is 28.9 Å². The van der Waals surface area contributed by atoms with Crippen molar-refractivity contribution in [3.05, 3.63) is 12.2 Å². The largest absolute Gasteiger partial charge is 0.397 e. The van der Waals surface area contributed by atoms with Crippen molar-refractivity contribution >= 4 is 16.3 Å². The van der Waals surface area contributed by atoms with Crippen molar-refractivity contribution in [1.82, 2.24) is 5.32 Å². The summed E-state index contributed by atoms with van der Waals surface area (Å²) in [5.74, 6) is -0.264. The third kappa shape index (κ3) is 24.3. The Hall–Kier alpha value is -1.16. The molecule has 1 aliphatic heterocycles. The molecule has 0 bridgehead atoms. The zero-order valence-corrected chi connectivity index (χ0v) is 33.2. The van der Waals surface area contributed by atoms with Crippen LogP contribution in [0.1, 0.15) is 174 Å². The van der Waals surface area contributed by atoms with Gasteiger partial charge in [-0.1, -0.05) is 161 Å². The van der Waals surface area contributed by atoms with Crippen molar-refractivity contribution in [1.29, 1.82) is 0 Å². The van der Waals surface area contributed by atoms with Crippen LogP contribution in [0.2, 0.25) is 0 Å². The van der Waals surface area contributed by atoms with Crippen molar-refractivity contribution in [2.45, 2.75) is 217 Å². The van der Waals surface area contributed by atoms with Gasteiger partial charge in [0.15, 0.2) is 6.29 Å². The zero-order chi connectivity index (χ0) is 38.5. The van der Waals surface area contributed by atoms with Gasteiger partial charge in [0, 0.05) is 6.42 Å². The molecule has 1 fully saturated rings. The SMILES string of the molecule is CCCCCCCCC/C=C/C(O)C(COC1OC(CO)C(O)C(OS(=O)(=O)O)C1O)NC(=O)CCCCCCCCCCCCCCCCCC. The number of unbranched alkanes of at least 4 members (excludes halogenated alkanes) is 22. The van der Waals surface area contributed by atoms with Gasteiger partial charge in [0.2, 0.25) is 5.91 Å². The second-order valence-electron chi connectivity index (χ2n) is 14.6. The minimum atomic E-state index is -5.07. The smallest absolute Gasteiger partial charge is 0.394 e. The van der Waals surface area contributed by atoms with Gasteiger partial charge >= 0.3 is 10.4 Å². The summed E-state index contributed by atoms with van der Waals surface area (Å²) in [5.41, 5.74) is 0. The lowest BCUT2D eigenvalue weighted by Crippen LogP contribution is -2.61. The first-order chi connectivity index (χ1) is 25.0. The Morgan fingerprint density at radius 3 is 1.67 bits per heavy atom. The van der Waals surface area contributed by atoms with Crippen LogP contribution in [0.5, 0.6) is 0 Å². The van der Waals surface area contributed by atoms with E-state index in [4.69, 9.17) is 14.0 Å². The van der Waals surface area contributed by atoms with E-state index in [1.165, 1.54) is 103 Å². The van der Waals surface area contributed by atoms with Gasteiger partial charge in [-0.2, -0.15) is 8.42 Å². The number of nitrogens with one attached hydrogen (secondary N) is 1. The van der Waals surface area contributed by atoms with Crippen LogP contribution in [-0.4, -0.2) is 95.4 Å². The normalized spacial score (nSPS) is 22.2. The number of ether oxygens (including phenoxy) is 2. The molecule has 0 aromatic rings. The van der Waals surface area contributed by atoms with Gasteiger partial charge in [-0.25, -0.2) is 4.18 Å². The van der Waals surface area contributed by atoms with E-state index in [0.717, 1.165) is 44.9 Å². The van der Waals surface area contributed by atoms with E-state index in [2.05, 4.69) is 23.3 Å². The average molecular weight is 766 g/mol. The Labute approximate surface area is 315 Å². The Balaban J connectivity index is 2.54. The van der Waals surface area contributed by atoms with Crippen LogP contribution in [0.3, 0.4) is 0 Å². The Bertz CT molecular complexity index is 999. The quantitative estimate of drug-likeness (QED) is 0.0229. The fourth-order valence-corrected chi connectivity index (χ4v) is 7.08. The fourth-order valence-electron chi connectivity index (χ4n) is 6.57. The molecule has 0 radical (unpaired) electrons. The summed E-state index contributed by atoms with van der Waals surface area (Å²) in [5, 5.41) is 44.4. The molecule has 7 atom stereocenters. The van der Waals surface area contributed by atoms with E-state index >= 15 is 0 Å². The molecular weight excluding hydrogens is 690 g/mol. The highest BCUT2D eigenvalue weighted by molar-refractivity contribution is 7.80. The maximum Gasteiger partial charge on any atom is 0.397 e. The van der Waals surface area contributed by atoms with Crippen molar-refractivity contribution in [2.75, 3.05) is 13.2 Å². The first kappa shape index (κ1) is 48.9. The minimum Gasteiger partial charge on any atom is -0.394 e. The first-order valence-corrected chi connectivity index (χ1v) is 21.9. The molecule has 1 amide bonds. The first-order valence-electron chi connectivity index (χ1n) is 20.6. The number of hydrogen-bond donors (Lipinski definition) is 6. The van der Waals surface area contributed by atoms with E-state index in [9.17, 15) is 33.6 Å². The van der Waals surface area contributed by atoms with Gasteiger partial charge in [-0.15, -0.1) is 0 Å². The van der Waals surface area contributed by atoms with Gasteiger partial charge in [-0.3, -0.25) is 9.35 Å². The molecule has 12 nitrogen and oxygen atoms in total. The monoisotopic (exact) mass is 766 g/mol. The number of carbonyl (C=O) groups excluding carboxylic acids is 1. The molecular formula is C39H75NO11S. The maximum atomic E-state index is 12.9. The van der Waals surface area contributed by atoms with Crippen LogP contribution in [0.4, 0.5) is 0 Å². The molecule has 0 aromatic heterocycles. The van der Waals surface area contributed by atoms with Crippen molar-refractivity contribution in [3.8, 4) is 0 Å². The number of amides is 1. The van der Waals surface area contributed by atoms with Crippen LogP contribution in [0.25, 0.3) is 0 Å². The Morgan fingerprint density at radius 1 is 0.750 bits per heavy atom. The standard InChI is InChI=1S/C39H75NO11S/c1-3-5-7-9-11-13-14-15-16-17-18-19-21-23-25-27-29-35(43)40-32(33(42)28-26-24-22-20-12-10-8-6-4-2)31-49-39-37(45)38(51-52(46,47)48)36(44)34(30-41)50-39/h26,28,32-34,36-39,41-42,44-45H,3-25,27,29-31H2,1-2H3,(H,40,43)(H,46,47,48)/b28-26+. The van der Waals surface area contributed by atoms with Crippen molar-refractivity contribution in [3.63, 3.8) is 0 Å². The molecule has 13 heteroatoms. The maximum absolute atomic E-state index is 12.9. The van der Waals surface area contributed by atoms with Crippen molar-refractivity contribution < 1.29 is 51.8 Å². The lowest BCUT2D eigenvalue weighted by molar-refractivity contribution is -0.298. The molecule has 7 unspecified atom stereocenters. The predicted molar refractivity (Wildman–Crippen MR) is 204 cm³/mol. The van der Waals surface area contributed by atoms with Gasteiger partial charge in [-0.05, 0) is 19.3 Å². The molecule has 52 heavy (non-hydrogen) atoms. The summed E-state index contributed by atoms with van der Waals surface area (Å²) < 4.78 is 47.3. The number of carbonyl (C=O) groups is 1. The second-order valence-corrected chi connectivity index (χ2v) is 15.6. The zero-order valence-electron chi connectivity index (χ0n) is 32.4. The number of hydrogen-bond acceptors (Lipinski definition) is 10. The number of rotatable bonds is 34. The third-order valence-electron chi connectivity index (χ3n) is 9.82.